The van der Waals surface area contributed by atoms with Crippen molar-refractivity contribution in [3.8, 4) is 0 Å². The zero-order chi connectivity index (χ0) is 20.3. The van der Waals surface area contributed by atoms with Crippen LogP contribution in [0.4, 0.5) is 28.8 Å². The van der Waals surface area contributed by atoms with Gasteiger partial charge < -0.3 is 10.6 Å². The molecule has 2 aromatic carbocycles. The maximum absolute atomic E-state index is 11.6. The van der Waals surface area contributed by atoms with Crippen LogP contribution in [0.1, 0.15) is 16.7 Å². The molecular formula is C20H23N5O2S. The van der Waals surface area contributed by atoms with Crippen molar-refractivity contribution in [2.45, 2.75) is 20.8 Å². The van der Waals surface area contributed by atoms with E-state index in [1.807, 2.05) is 39.0 Å². The number of aromatic nitrogens is 2. The van der Waals surface area contributed by atoms with E-state index in [0.29, 0.717) is 23.1 Å². The number of hydrogen-bond acceptors (Lipinski definition) is 6. The molecule has 0 aliphatic carbocycles. The highest BCUT2D eigenvalue weighted by atomic mass is 32.2. The van der Waals surface area contributed by atoms with Gasteiger partial charge in [-0.1, -0.05) is 18.2 Å². The molecule has 0 atom stereocenters. The van der Waals surface area contributed by atoms with Crippen LogP contribution in [0.2, 0.25) is 0 Å². The van der Waals surface area contributed by atoms with Crippen LogP contribution in [-0.2, 0) is 10.0 Å². The molecule has 3 aromatic rings. The highest BCUT2D eigenvalue weighted by Gasteiger charge is 2.10. The number of nitrogens with zero attached hydrogens (tertiary/aromatic N) is 2. The Morgan fingerprint density at radius 2 is 1.54 bits per heavy atom. The number of sulfonamides is 1. The van der Waals surface area contributed by atoms with E-state index in [1.165, 1.54) is 0 Å². The van der Waals surface area contributed by atoms with Crippen molar-refractivity contribution in [1.82, 2.24) is 9.97 Å². The molecule has 0 radical (unpaired) electrons. The Morgan fingerprint density at radius 1 is 0.893 bits per heavy atom. The summed E-state index contributed by atoms with van der Waals surface area (Å²) in [7, 11) is -3.39. The number of hydrogen-bond donors (Lipinski definition) is 3. The van der Waals surface area contributed by atoms with Crippen molar-refractivity contribution in [1.29, 1.82) is 0 Å². The molecule has 0 fully saturated rings. The quantitative estimate of drug-likeness (QED) is 0.575. The van der Waals surface area contributed by atoms with E-state index in [2.05, 4.69) is 31.4 Å². The fraction of sp³-hybridized carbons (Fsp3) is 0.200. The third-order valence-corrected chi connectivity index (χ3v) is 4.52. The third kappa shape index (κ3) is 5.20. The van der Waals surface area contributed by atoms with Crippen LogP contribution in [0.15, 0.2) is 48.7 Å². The SMILES string of the molecule is Cc1cc(C)cc(Nc2ncc(C)c(Nc3ccccc3NS(C)(=O)=O)n2)c1. The summed E-state index contributed by atoms with van der Waals surface area (Å²) in [6, 6.07) is 13.2. The summed E-state index contributed by atoms with van der Waals surface area (Å²) in [6.45, 7) is 5.95. The monoisotopic (exact) mass is 397 g/mol. The Labute approximate surface area is 165 Å². The van der Waals surface area contributed by atoms with Gasteiger partial charge in [0.25, 0.3) is 0 Å². The minimum atomic E-state index is -3.39. The van der Waals surface area contributed by atoms with Gasteiger partial charge in [0.15, 0.2) is 0 Å². The van der Waals surface area contributed by atoms with Gasteiger partial charge in [-0.05, 0) is 56.2 Å². The number of benzene rings is 2. The number of aryl methyl sites for hydroxylation is 3. The van der Waals surface area contributed by atoms with Gasteiger partial charge >= 0.3 is 0 Å². The first-order valence-electron chi connectivity index (χ1n) is 8.72. The molecule has 0 amide bonds. The topological polar surface area (TPSA) is 96.0 Å². The minimum Gasteiger partial charge on any atom is -0.338 e. The summed E-state index contributed by atoms with van der Waals surface area (Å²) >= 11 is 0. The molecule has 0 aliphatic rings. The highest BCUT2D eigenvalue weighted by Crippen LogP contribution is 2.27. The minimum absolute atomic E-state index is 0.451. The molecule has 146 valence electrons. The Kier molecular flexibility index (Phi) is 5.51. The van der Waals surface area contributed by atoms with E-state index in [0.717, 1.165) is 28.6 Å². The molecule has 1 heterocycles. The third-order valence-electron chi connectivity index (χ3n) is 3.93. The zero-order valence-electron chi connectivity index (χ0n) is 16.2. The number of rotatable bonds is 6. The molecule has 0 spiro atoms. The van der Waals surface area contributed by atoms with Gasteiger partial charge in [-0.25, -0.2) is 13.4 Å². The van der Waals surface area contributed by atoms with Gasteiger partial charge in [-0.3, -0.25) is 4.72 Å². The van der Waals surface area contributed by atoms with E-state index >= 15 is 0 Å². The number of nitrogens with one attached hydrogen (secondary N) is 3. The van der Waals surface area contributed by atoms with Crippen molar-refractivity contribution >= 4 is 38.9 Å². The maximum Gasteiger partial charge on any atom is 0.229 e. The second-order valence-electron chi connectivity index (χ2n) is 6.77. The molecule has 7 nitrogen and oxygen atoms in total. The Hall–Kier alpha value is -3.13. The smallest absolute Gasteiger partial charge is 0.229 e. The summed E-state index contributed by atoms with van der Waals surface area (Å²) in [5.74, 6) is 1.04. The zero-order valence-corrected chi connectivity index (χ0v) is 17.1. The Balaban J connectivity index is 1.89. The van der Waals surface area contributed by atoms with Gasteiger partial charge in [0.05, 0.1) is 17.6 Å². The van der Waals surface area contributed by atoms with Crippen molar-refractivity contribution in [2.24, 2.45) is 0 Å². The summed E-state index contributed by atoms with van der Waals surface area (Å²) in [4.78, 5) is 8.89. The first-order chi connectivity index (χ1) is 13.2. The molecule has 3 rings (SSSR count). The van der Waals surface area contributed by atoms with Gasteiger partial charge in [0.2, 0.25) is 16.0 Å². The van der Waals surface area contributed by atoms with Gasteiger partial charge in [0, 0.05) is 17.4 Å². The summed E-state index contributed by atoms with van der Waals surface area (Å²) in [5, 5.41) is 6.41. The van der Waals surface area contributed by atoms with E-state index in [4.69, 9.17) is 0 Å². The maximum atomic E-state index is 11.6. The molecule has 0 bridgehead atoms. The van der Waals surface area contributed by atoms with Crippen LogP contribution in [0, 0.1) is 20.8 Å². The lowest BCUT2D eigenvalue weighted by molar-refractivity contribution is 0.607. The van der Waals surface area contributed by atoms with Crippen molar-refractivity contribution in [3.63, 3.8) is 0 Å². The molecule has 0 unspecified atom stereocenters. The van der Waals surface area contributed by atoms with Crippen LogP contribution in [0.25, 0.3) is 0 Å². The van der Waals surface area contributed by atoms with Gasteiger partial charge in [-0.15, -0.1) is 0 Å². The largest absolute Gasteiger partial charge is 0.338 e. The van der Waals surface area contributed by atoms with Crippen molar-refractivity contribution in [3.05, 3.63) is 65.4 Å². The fourth-order valence-corrected chi connectivity index (χ4v) is 3.39. The number of para-hydroxylation sites is 2. The molecule has 1 aromatic heterocycles. The summed E-state index contributed by atoms with van der Waals surface area (Å²) in [6.07, 6.45) is 2.83. The van der Waals surface area contributed by atoms with Crippen LogP contribution in [0.5, 0.6) is 0 Å². The van der Waals surface area contributed by atoms with Crippen LogP contribution in [0.3, 0.4) is 0 Å². The van der Waals surface area contributed by atoms with E-state index in [-0.39, 0.29) is 0 Å². The van der Waals surface area contributed by atoms with Gasteiger partial charge in [0.1, 0.15) is 5.82 Å². The lowest BCUT2D eigenvalue weighted by Gasteiger charge is -2.15. The fourth-order valence-electron chi connectivity index (χ4n) is 2.81. The lowest BCUT2D eigenvalue weighted by atomic mass is 10.1. The second-order valence-corrected chi connectivity index (χ2v) is 8.52. The summed E-state index contributed by atoms with van der Waals surface area (Å²) in [5.41, 5.74) is 5.09. The lowest BCUT2D eigenvalue weighted by Crippen LogP contribution is -2.11. The Morgan fingerprint density at radius 3 is 2.18 bits per heavy atom. The molecule has 8 heteroatoms. The normalized spacial score (nSPS) is 11.1. The van der Waals surface area contributed by atoms with E-state index < -0.39 is 10.0 Å². The standard InChI is InChI=1S/C20H23N5O2S/c1-13-9-14(2)11-16(10-13)22-20-21-12-15(3)19(24-20)23-17-7-5-6-8-18(17)25-28(4,26)27/h5-12,25H,1-4H3,(H2,21,22,23,24). The first-order valence-corrected chi connectivity index (χ1v) is 10.6. The number of anilines is 5. The Bertz CT molecular complexity index is 1090. The molecule has 0 saturated heterocycles. The predicted octanol–water partition coefficient (Wildman–Crippen LogP) is 4.26. The molecule has 0 saturated carbocycles. The van der Waals surface area contributed by atoms with Crippen LogP contribution in [-0.4, -0.2) is 24.6 Å². The van der Waals surface area contributed by atoms with Crippen LogP contribution < -0.4 is 15.4 Å². The molecule has 28 heavy (non-hydrogen) atoms. The second kappa shape index (κ2) is 7.85. The highest BCUT2D eigenvalue weighted by molar-refractivity contribution is 7.92. The molecule has 0 aliphatic heterocycles. The van der Waals surface area contributed by atoms with Crippen molar-refractivity contribution < 1.29 is 8.42 Å². The first kappa shape index (κ1) is 19.6. The van der Waals surface area contributed by atoms with Gasteiger partial charge in [-0.2, -0.15) is 4.98 Å². The van der Waals surface area contributed by atoms with Crippen LogP contribution >= 0.6 is 0 Å². The summed E-state index contributed by atoms with van der Waals surface area (Å²) < 4.78 is 25.7. The molecule has 3 N–H and O–H groups in total. The average molecular weight is 398 g/mol. The average Bonchev–Trinajstić information content (AvgIpc) is 2.57. The van der Waals surface area contributed by atoms with E-state index in [9.17, 15) is 8.42 Å². The van der Waals surface area contributed by atoms with E-state index in [1.54, 1.807) is 24.4 Å². The predicted molar refractivity (Wildman–Crippen MR) is 114 cm³/mol. The van der Waals surface area contributed by atoms with Crippen molar-refractivity contribution in [2.75, 3.05) is 21.6 Å². The molecular weight excluding hydrogens is 374 g/mol.